The Morgan fingerprint density at radius 3 is 2.61 bits per heavy atom. The SMILES string of the molecule is C=CC(=O)N1CCc2nn(-c3ccc(C4CCC4)cc3O)c3c2C(C1)N(C(=O)c1ccc(C(F)(F)F)c2ncncc12)CC3. The summed E-state index contributed by atoms with van der Waals surface area (Å²) < 4.78 is 43.0. The predicted octanol–water partition coefficient (Wildman–Crippen LogP) is 5.12. The Balaban J connectivity index is 1.32. The average molecular weight is 603 g/mol. The van der Waals surface area contributed by atoms with Crippen molar-refractivity contribution in [2.75, 3.05) is 19.6 Å². The Morgan fingerprint density at radius 1 is 1.09 bits per heavy atom. The Labute approximate surface area is 250 Å². The monoisotopic (exact) mass is 602 g/mol. The van der Waals surface area contributed by atoms with E-state index in [2.05, 4.69) is 16.5 Å². The number of rotatable bonds is 4. The lowest BCUT2D eigenvalue weighted by Gasteiger charge is -2.38. The first-order chi connectivity index (χ1) is 21.2. The minimum Gasteiger partial charge on any atom is -0.506 e. The van der Waals surface area contributed by atoms with Crippen LogP contribution in [0.1, 0.15) is 69.7 Å². The maximum Gasteiger partial charge on any atom is 0.418 e. The molecule has 1 unspecified atom stereocenters. The minimum atomic E-state index is -4.66. The van der Waals surface area contributed by atoms with Crippen LogP contribution in [0, 0.1) is 0 Å². The maximum absolute atomic E-state index is 14.2. The van der Waals surface area contributed by atoms with E-state index in [1.165, 1.54) is 24.8 Å². The van der Waals surface area contributed by atoms with Crippen LogP contribution in [0.2, 0.25) is 0 Å². The van der Waals surface area contributed by atoms with Gasteiger partial charge in [0.1, 0.15) is 17.8 Å². The highest BCUT2D eigenvalue weighted by Crippen LogP contribution is 2.42. The van der Waals surface area contributed by atoms with Crippen LogP contribution in [0.4, 0.5) is 13.2 Å². The van der Waals surface area contributed by atoms with Gasteiger partial charge in [-0.1, -0.05) is 19.1 Å². The molecule has 44 heavy (non-hydrogen) atoms. The molecule has 2 aromatic carbocycles. The van der Waals surface area contributed by atoms with Crippen molar-refractivity contribution in [3.8, 4) is 11.4 Å². The number of aromatic hydroxyl groups is 1. The molecule has 226 valence electrons. The van der Waals surface area contributed by atoms with Gasteiger partial charge in [0.15, 0.2) is 0 Å². The number of nitrogens with zero attached hydrogens (tertiary/aromatic N) is 6. The van der Waals surface area contributed by atoms with Crippen LogP contribution < -0.4 is 0 Å². The number of phenols is 1. The van der Waals surface area contributed by atoms with Gasteiger partial charge in [-0.05, 0) is 54.7 Å². The molecular weight excluding hydrogens is 573 g/mol. The number of hydrogen-bond acceptors (Lipinski definition) is 6. The summed E-state index contributed by atoms with van der Waals surface area (Å²) in [6.07, 6.45) is 3.01. The maximum atomic E-state index is 14.2. The number of phenolic OH excluding ortho intramolecular Hbond substituents is 1. The fraction of sp³-hybridized carbons (Fsp3) is 0.344. The average Bonchev–Trinajstić information content (AvgIpc) is 3.23. The van der Waals surface area contributed by atoms with Crippen molar-refractivity contribution in [2.24, 2.45) is 0 Å². The highest BCUT2D eigenvalue weighted by Gasteiger charge is 2.41. The molecule has 0 saturated heterocycles. The third-order valence-electron chi connectivity index (χ3n) is 9.17. The van der Waals surface area contributed by atoms with Crippen molar-refractivity contribution >= 4 is 22.7 Å². The zero-order valence-electron chi connectivity index (χ0n) is 23.7. The van der Waals surface area contributed by atoms with Gasteiger partial charge in [-0.15, -0.1) is 0 Å². The number of aromatic nitrogens is 4. The van der Waals surface area contributed by atoms with Crippen molar-refractivity contribution in [2.45, 2.75) is 50.2 Å². The van der Waals surface area contributed by atoms with Gasteiger partial charge >= 0.3 is 6.18 Å². The van der Waals surface area contributed by atoms with Crippen molar-refractivity contribution < 1.29 is 27.9 Å². The molecule has 2 aliphatic heterocycles. The molecule has 3 aliphatic rings. The molecule has 2 amide bonds. The summed E-state index contributed by atoms with van der Waals surface area (Å²) in [5.74, 6) is -0.210. The van der Waals surface area contributed by atoms with E-state index < -0.39 is 23.7 Å². The predicted molar refractivity (Wildman–Crippen MR) is 154 cm³/mol. The lowest BCUT2D eigenvalue weighted by Crippen LogP contribution is -2.46. The number of hydrogen-bond donors (Lipinski definition) is 1. The molecule has 0 bridgehead atoms. The summed E-state index contributed by atoms with van der Waals surface area (Å²) in [5.41, 5.74) is 2.70. The topological polar surface area (TPSA) is 104 Å². The first kappa shape index (κ1) is 28.1. The van der Waals surface area contributed by atoms with E-state index in [-0.39, 0.29) is 41.2 Å². The van der Waals surface area contributed by atoms with Gasteiger partial charge in [-0.25, -0.2) is 14.6 Å². The van der Waals surface area contributed by atoms with E-state index in [4.69, 9.17) is 5.10 Å². The Hall–Kier alpha value is -4.74. The number of fused-ring (bicyclic) bond motifs is 1. The van der Waals surface area contributed by atoms with E-state index in [0.29, 0.717) is 36.7 Å². The van der Waals surface area contributed by atoms with Gasteiger partial charge in [-0.2, -0.15) is 18.3 Å². The van der Waals surface area contributed by atoms with Gasteiger partial charge in [0, 0.05) is 49.6 Å². The normalized spacial score (nSPS) is 18.5. The van der Waals surface area contributed by atoms with Crippen LogP contribution in [0.15, 0.2) is 55.5 Å². The molecule has 4 heterocycles. The van der Waals surface area contributed by atoms with Crippen molar-refractivity contribution in [3.05, 3.63) is 89.2 Å². The van der Waals surface area contributed by atoms with Gasteiger partial charge in [0.05, 0.1) is 34.1 Å². The second-order valence-corrected chi connectivity index (χ2v) is 11.5. The molecule has 1 N–H and O–H groups in total. The molecule has 1 atom stereocenters. The molecule has 0 radical (unpaired) electrons. The van der Waals surface area contributed by atoms with E-state index in [1.807, 2.05) is 12.1 Å². The number of amides is 2. The van der Waals surface area contributed by atoms with Gasteiger partial charge in [-0.3, -0.25) is 9.59 Å². The van der Waals surface area contributed by atoms with Crippen LogP contribution in [-0.2, 0) is 23.8 Å². The summed E-state index contributed by atoms with van der Waals surface area (Å²) >= 11 is 0. The molecule has 9 nitrogen and oxygen atoms in total. The Kier molecular flexibility index (Phi) is 6.67. The van der Waals surface area contributed by atoms with E-state index in [1.54, 1.807) is 20.5 Å². The summed E-state index contributed by atoms with van der Waals surface area (Å²) in [5, 5.41) is 16.0. The number of carbonyl (C=O) groups is 2. The Bertz CT molecular complexity index is 1830. The smallest absolute Gasteiger partial charge is 0.418 e. The standard InChI is InChI=1S/C32H29F3N6O3/c1-2-28(43)39-12-10-23-29-25(41(38-23)24-9-6-19(14-27(24)42)18-4-3-5-18)11-13-40(26(29)16-39)31(44)20-7-8-22(32(33,34)35)30-21(20)15-36-17-37-30/h2,6-9,14-15,17-18,26,42H,1,3-5,10-13,16H2. The number of alkyl halides is 3. The van der Waals surface area contributed by atoms with Crippen molar-refractivity contribution in [3.63, 3.8) is 0 Å². The lowest BCUT2D eigenvalue weighted by atomic mass is 9.80. The largest absolute Gasteiger partial charge is 0.506 e. The number of halogens is 3. The first-order valence-corrected chi connectivity index (χ1v) is 14.6. The summed E-state index contributed by atoms with van der Waals surface area (Å²) in [6.45, 7) is 4.34. The molecule has 7 rings (SSSR count). The zero-order chi connectivity index (χ0) is 30.7. The molecule has 1 aliphatic carbocycles. The van der Waals surface area contributed by atoms with Crippen LogP contribution in [0.25, 0.3) is 16.6 Å². The van der Waals surface area contributed by atoms with Gasteiger partial charge in [0.2, 0.25) is 5.91 Å². The van der Waals surface area contributed by atoms with Crippen LogP contribution in [0.5, 0.6) is 5.75 Å². The molecule has 2 aromatic heterocycles. The number of carbonyl (C=O) groups excluding carboxylic acids is 2. The molecule has 12 heteroatoms. The molecular formula is C32H29F3N6O3. The lowest BCUT2D eigenvalue weighted by molar-refractivity contribution is -0.136. The quantitative estimate of drug-likeness (QED) is 0.326. The van der Waals surface area contributed by atoms with Crippen LogP contribution in [0.3, 0.4) is 0 Å². The second-order valence-electron chi connectivity index (χ2n) is 11.5. The Morgan fingerprint density at radius 2 is 1.91 bits per heavy atom. The summed E-state index contributed by atoms with van der Waals surface area (Å²) in [7, 11) is 0. The minimum absolute atomic E-state index is 0.00170. The molecule has 0 spiro atoms. The van der Waals surface area contributed by atoms with E-state index in [0.717, 1.165) is 42.1 Å². The van der Waals surface area contributed by atoms with Crippen molar-refractivity contribution in [1.29, 1.82) is 0 Å². The second kappa shape index (κ2) is 10.5. The number of benzene rings is 2. The third kappa shape index (κ3) is 4.51. The molecule has 1 saturated carbocycles. The van der Waals surface area contributed by atoms with Crippen molar-refractivity contribution in [1.82, 2.24) is 29.5 Å². The van der Waals surface area contributed by atoms with Gasteiger partial charge in [0.25, 0.3) is 5.91 Å². The molecule has 4 aromatic rings. The highest BCUT2D eigenvalue weighted by atomic mass is 19.4. The summed E-state index contributed by atoms with van der Waals surface area (Å²) in [6, 6.07) is 7.12. The van der Waals surface area contributed by atoms with E-state index >= 15 is 0 Å². The highest BCUT2D eigenvalue weighted by molar-refractivity contribution is 6.07. The zero-order valence-corrected chi connectivity index (χ0v) is 23.7. The van der Waals surface area contributed by atoms with Gasteiger partial charge < -0.3 is 14.9 Å². The fourth-order valence-corrected chi connectivity index (χ4v) is 6.73. The van der Waals surface area contributed by atoms with Crippen LogP contribution in [-0.4, -0.2) is 66.1 Å². The first-order valence-electron chi connectivity index (χ1n) is 14.6. The van der Waals surface area contributed by atoms with Crippen LogP contribution >= 0.6 is 0 Å². The molecule has 1 fully saturated rings. The van der Waals surface area contributed by atoms with E-state index in [9.17, 15) is 27.9 Å². The fourth-order valence-electron chi connectivity index (χ4n) is 6.73. The third-order valence-corrected chi connectivity index (χ3v) is 9.17. The summed E-state index contributed by atoms with van der Waals surface area (Å²) in [4.78, 5) is 38.0.